The van der Waals surface area contributed by atoms with E-state index >= 15 is 0 Å². The van der Waals surface area contributed by atoms with Gasteiger partial charge in [-0.1, -0.05) is 43.0 Å². The van der Waals surface area contributed by atoms with Crippen molar-refractivity contribution in [2.45, 2.75) is 11.8 Å². The molecule has 0 fully saturated rings. The predicted octanol–water partition coefficient (Wildman–Crippen LogP) is 4.95. The van der Waals surface area contributed by atoms with E-state index in [1.165, 1.54) is 18.2 Å². The molecule has 1 aliphatic rings. The van der Waals surface area contributed by atoms with Gasteiger partial charge in [-0.25, -0.2) is 8.78 Å². The minimum absolute atomic E-state index is 0.0777. The van der Waals surface area contributed by atoms with Crippen molar-refractivity contribution in [3.63, 3.8) is 0 Å². The monoisotopic (exact) mass is 317 g/mol. The molecule has 0 spiro atoms. The van der Waals surface area contributed by atoms with Crippen LogP contribution in [0.4, 0.5) is 8.78 Å². The lowest BCUT2D eigenvalue weighted by atomic mass is 9.91. The Kier molecular flexibility index (Phi) is 3.99. The van der Waals surface area contributed by atoms with Gasteiger partial charge in [-0.2, -0.15) is 0 Å². The molecule has 1 nitrogen and oxygen atoms in total. The van der Waals surface area contributed by atoms with Gasteiger partial charge < -0.3 is 5.32 Å². The smallest absolute Gasteiger partial charge is 0.135 e. The van der Waals surface area contributed by atoms with Crippen molar-refractivity contribution in [2.75, 3.05) is 0 Å². The largest absolute Gasteiger partial charge is 0.357 e. The molecule has 0 aliphatic carbocycles. The first-order chi connectivity index (χ1) is 10.6. The van der Waals surface area contributed by atoms with Gasteiger partial charge in [0.25, 0.3) is 0 Å². The van der Waals surface area contributed by atoms with Gasteiger partial charge in [0.15, 0.2) is 0 Å². The highest BCUT2D eigenvalue weighted by atomic mass is 35.5. The van der Waals surface area contributed by atoms with Gasteiger partial charge in [0.05, 0.1) is 16.6 Å². The molecule has 3 rings (SSSR count). The molecule has 2 aromatic carbocycles. The lowest BCUT2D eigenvalue weighted by molar-refractivity contribution is 0.574. The summed E-state index contributed by atoms with van der Waals surface area (Å²) < 4.78 is 28.3. The topological polar surface area (TPSA) is 12.0 Å². The van der Waals surface area contributed by atoms with Crippen molar-refractivity contribution in [1.29, 1.82) is 0 Å². The molecule has 1 heterocycles. The Morgan fingerprint density at radius 1 is 1.00 bits per heavy atom. The molecule has 1 N–H and O–H groups in total. The van der Waals surface area contributed by atoms with E-state index < -0.39 is 11.6 Å². The summed E-state index contributed by atoms with van der Waals surface area (Å²) in [5.74, 6) is -1.23. The van der Waals surface area contributed by atoms with Crippen LogP contribution < -0.4 is 5.32 Å². The van der Waals surface area contributed by atoms with Gasteiger partial charge in [-0.15, -0.1) is 11.6 Å². The average Bonchev–Trinajstić information content (AvgIpc) is 2.51. The molecule has 2 aromatic rings. The second-order valence-corrected chi connectivity index (χ2v) is 5.66. The van der Waals surface area contributed by atoms with Crippen molar-refractivity contribution >= 4 is 22.9 Å². The van der Waals surface area contributed by atoms with Crippen molar-refractivity contribution < 1.29 is 8.78 Å². The van der Waals surface area contributed by atoms with Crippen LogP contribution in [0.1, 0.15) is 17.5 Å². The maximum Gasteiger partial charge on any atom is 0.135 e. The number of hydrogen-bond acceptors (Lipinski definition) is 1. The van der Waals surface area contributed by atoms with Crippen LogP contribution in [0.25, 0.3) is 11.3 Å². The number of hydrogen-bond donors (Lipinski definition) is 1. The Bertz CT molecular complexity index is 733. The molecule has 22 heavy (non-hydrogen) atoms. The fraction of sp³-hybridized carbons (Fsp3) is 0.111. The second kappa shape index (κ2) is 5.93. The van der Waals surface area contributed by atoms with Crippen molar-refractivity contribution in [3.05, 3.63) is 83.6 Å². The zero-order valence-corrected chi connectivity index (χ0v) is 12.5. The summed E-state index contributed by atoms with van der Waals surface area (Å²) in [6.07, 6.45) is 0.459. The summed E-state index contributed by atoms with van der Waals surface area (Å²) in [5.41, 5.74) is 2.51. The summed E-state index contributed by atoms with van der Waals surface area (Å²) in [6.45, 7) is 3.84. The van der Waals surface area contributed by atoms with Crippen LogP contribution in [0.15, 0.2) is 60.8 Å². The molecule has 1 unspecified atom stereocenters. The predicted molar refractivity (Wildman–Crippen MR) is 86.1 cm³/mol. The Morgan fingerprint density at radius 3 is 2.27 bits per heavy atom. The lowest BCUT2D eigenvalue weighted by Crippen LogP contribution is -2.26. The molecule has 1 atom stereocenters. The Hall–Kier alpha value is -2.13. The minimum Gasteiger partial charge on any atom is -0.357 e. The zero-order valence-electron chi connectivity index (χ0n) is 11.7. The second-order valence-electron chi connectivity index (χ2n) is 5.14. The van der Waals surface area contributed by atoms with Crippen molar-refractivity contribution in [2.24, 2.45) is 0 Å². The summed E-state index contributed by atoms with van der Waals surface area (Å²) in [5, 5.41) is 2.66. The van der Waals surface area contributed by atoms with Gasteiger partial charge in [0.2, 0.25) is 0 Å². The molecule has 0 amide bonds. The van der Waals surface area contributed by atoms with Crippen LogP contribution in [0.5, 0.6) is 0 Å². The van der Waals surface area contributed by atoms with E-state index in [1.54, 1.807) is 0 Å². The van der Waals surface area contributed by atoms with Gasteiger partial charge >= 0.3 is 0 Å². The summed E-state index contributed by atoms with van der Waals surface area (Å²) in [7, 11) is 0. The molecule has 0 radical (unpaired) electrons. The van der Waals surface area contributed by atoms with E-state index in [0.717, 1.165) is 11.1 Å². The van der Waals surface area contributed by atoms with Crippen LogP contribution in [-0.4, -0.2) is 5.38 Å². The zero-order chi connectivity index (χ0) is 15.7. The number of halogens is 3. The molecule has 1 aliphatic heterocycles. The number of alkyl halides is 1. The lowest BCUT2D eigenvalue weighted by Gasteiger charge is -2.28. The maximum atomic E-state index is 14.2. The summed E-state index contributed by atoms with van der Waals surface area (Å²) in [4.78, 5) is 0. The SMILES string of the molecule is C=C1NC(c2c(F)cccc2F)=C(c2ccccc2)CC1Cl. The highest BCUT2D eigenvalue weighted by Gasteiger charge is 2.27. The van der Waals surface area contributed by atoms with Crippen LogP contribution in [0, 0.1) is 11.6 Å². The van der Waals surface area contributed by atoms with E-state index in [4.69, 9.17) is 11.6 Å². The fourth-order valence-corrected chi connectivity index (χ4v) is 2.78. The molecule has 112 valence electrons. The average molecular weight is 318 g/mol. The van der Waals surface area contributed by atoms with Crippen LogP contribution in [0.2, 0.25) is 0 Å². The summed E-state index contributed by atoms with van der Waals surface area (Å²) >= 11 is 6.26. The van der Waals surface area contributed by atoms with Crippen LogP contribution in [-0.2, 0) is 0 Å². The van der Waals surface area contributed by atoms with Gasteiger partial charge in [-0.05, 0) is 29.7 Å². The Balaban J connectivity index is 2.24. The Labute approximate surface area is 132 Å². The first-order valence-electron chi connectivity index (χ1n) is 6.90. The van der Waals surface area contributed by atoms with E-state index in [2.05, 4.69) is 11.9 Å². The number of benzene rings is 2. The number of allylic oxidation sites excluding steroid dienone is 2. The van der Waals surface area contributed by atoms with Gasteiger partial charge in [0.1, 0.15) is 11.6 Å². The molecule has 4 heteroatoms. The molecule has 0 saturated carbocycles. The molecule has 0 aromatic heterocycles. The number of nitrogens with one attached hydrogen (secondary N) is 1. The van der Waals surface area contributed by atoms with E-state index in [9.17, 15) is 8.78 Å². The first kappa shape index (κ1) is 14.8. The van der Waals surface area contributed by atoms with Crippen LogP contribution in [0.3, 0.4) is 0 Å². The van der Waals surface area contributed by atoms with E-state index in [1.807, 2.05) is 30.3 Å². The number of rotatable bonds is 2. The first-order valence-corrected chi connectivity index (χ1v) is 7.34. The summed E-state index contributed by atoms with van der Waals surface area (Å²) in [6, 6.07) is 13.3. The van der Waals surface area contributed by atoms with Gasteiger partial charge in [-0.3, -0.25) is 0 Å². The highest BCUT2D eigenvalue weighted by Crippen LogP contribution is 2.37. The third kappa shape index (κ3) is 2.64. The third-order valence-electron chi connectivity index (χ3n) is 3.68. The third-order valence-corrected chi connectivity index (χ3v) is 4.10. The fourth-order valence-electron chi connectivity index (χ4n) is 2.57. The normalized spacial score (nSPS) is 18.3. The molecular weight excluding hydrogens is 304 g/mol. The van der Waals surface area contributed by atoms with Gasteiger partial charge in [0, 0.05) is 5.70 Å². The van der Waals surface area contributed by atoms with Crippen molar-refractivity contribution in [3.8, 4) is 0 Å². The van der Waals surface area contributed by atoms with Crippen molar-refractivity contribution in [1.82, 2.24) is 5.32 Å². The molecular formula is C18H14ClF2N. The maximum absolute atomic E-state index is 14.2. The Morgan fingerprint density at radius 2 is 1.64 bits per heavy atom. The minimum atomic E-state index is -0.614. The standard InChI is InChI=1S/C18H14ClF2N/c1-11-14(19)10-13(12-6-3-2-4-7-12)18(22-11)17-15(20)8-5-9-16(17)21/h2-9,14,22H,1,10H2. The quantitative estimate of drug-likeness (QED) is 0.773. The van der Waals surface area contributed by atoms with E-state index in [-0.39, 0.29) is 10.9 Å². The van der Waals surface area contributed by atoms with E-state index in [0.29, 0.717) is 17.8 Å². The highest BCUT2D eigenvalue weighted by molar-refractivity contribution is 6.23. The molecule has 0 saturated heterocycles. The molecule has 0 bridgehead atoms. The van der Waals surface area contributed by atoms with Crippen LogP contribution >= 0.6 is 11.6 Å².